The predicted molar refractivity (Wildman–Crippen MR) is 124 cm³/mol. The van der Waals surface area contributed by atoms with Gasteiger partial charge in [0.25, 0.3) is 5.91 Å². The molecule has 2 amide bonds. The van der Waals surface area contributed by atoms with Gasteiger partial charge in [-0.1, -0.05) is 26.8 Å². The number of benzene rings is 1. The highest BCUT2D eigenvalue weighted by Gasteiger charge is 2.39. The number of fused-ring (bicyclic) bond motifs is 1. The molecule has 0 bridgehead atoms. The smallest absolute Gasteiger partial charge is 0.411 e. The van der Waals surface area contributed by atoms with Crippen molar-refractivity contribution in [1.29, 1.82) is 0 Å². The molecule has 0 saturated heterocycles. The second-order valence-electron chi connectivity index (χ2n) is 10.1. The molecule has 2 aromatic rings. The molecule has 0 radical (unpaired) electrons. The second kappa shape index (κ2) is 9.00. The molecule has 1 N–H and O–H groups in total. The quantitative estimate of drug-likeness (QED) is 0.702. The van der Waals surface area contributed by atoms with Gasteiger partial charge < -0.3 is 14.8 Å². The zero-order valence-electron chi connectivity index (χ0n) is 20.3. The van der Waals surface area contributed by atoms with E-state index in [1.807, 2.05) is 20.8 Å². The molecule has 0 saturated carbocycles. The number of pyridine rings is 1. The molecule has 1 aromatic carbocycles. The maximum atomic E-state index is 14.7. The van der Waals surface area contributed by atoms with Crippen molar-refractivity contribution in [2.24, 2.45) is 0 Å². The number of halogens is 1. The van der Waals surface area contributed by atoms with E-state index in [9.17, 15) is 14.0 Å². The van der Waals surface area contributed by atoms with Crippen molar-refractivity contribution in [2.75, 3.05) is 19.0 Å². The molecule has 1 aromatic heterocycles. The number of carbonyl (C=O) groups is 2. The van der Waals surface area contributed by atoms with Gasteiger partial charge in [0.2, 0.25) is 5.88 Å². The van der Waals surface area contributed by atoms with E-state index in [0.29, 0.717) is 34.8 Å². The van der Waals surface area contributed by atoms with Crippen LogP contribution in [-0.2, 0) is 21.4 Å². The van der Waals surface area contributed by atoms with E-state index in [0.717, 1.165) is 0 Å². The van der Waals surface area contributed by atoms with E-state index in [2.05, 4.69) is 10.3 Å². The Labute approximate surface area is 194 Å². The SMILES string of the molecule is COc1ccc2c(n1)CCN(C(=O)OC(C)(C)C)[C@H]2C(=O)Nc1ccc(C(C)(C)C)c(F)c1. The summed E-state index contributed by atoms with van der Waals surface area (Å²) in [6, 6.07) is 7.02. The average Bonchev–Trinajstić information content (AvgIpc) is 2.70. The van der Waals surface area contributed by atoms with Gasteiger partial charge in [-0.15, -0.1) is 0 Å². The summed E-state index contributed by atoms with van der Waals surface area (Å²) in [5, 5.41) is 2.76. The van der Waals surface area contributed by atoms with Crippen LogP contribution < -0.4 is 10.1 Å². The van der Waals surface area contributed by atoms with Crippen LogP contribution in [0.4, 0.5) is 14.9 Å². The van der Waals surface area contributed by atoms with Gasteiger partial charge in [0.05, 0.1) is 12.8 Å². The second-order valence-corrected chi connectivity index (χ2v) is 10.1. The molecule has 1 aliphatic heterocycles. The number of hydrogen-bond acceptors (Lipinski definition) is 5. The molecule has 33 heavy (non-hydrogen) atoms. The summed E-state index contributed by atoms with van der Waals surface area (Å²) in [7, 11) is 1.52. The number of rotatable bonds is 3. The summed E-state index contributed by atoms with van der Waals surface area (Å²) in [6.07, 6.45) is -0.150. The lowest BCUT2D eigenvalue weighted by Gasteiger charge is -2.36. The highest BCUT2D eigenvalue weighted by atomic mass is 19.1. The van der Waals surface area contributed by atoms with Crippen molar-refractivity contribution >= 4 is 17.7 Å². The molecule has 0 spiro atoms. The number of carbonyl (C=O) groups excluding carboxylic acids is 2. The number of nitrogens with zero attached hydrogens (tertiary/aromatic N) is 2. The van der Waals surface area contributed by atoms with Crippen molar-refractivity contribution in [3.63, 3.8) is 0 Å². The van der Waals surface area contributed by atoms with Crippen LogP contribution >= 0.6 is 0 Å². The van der Waals surface area contributed by atoms with Gasteiger partial charge in [0.1, 0.15) is 17.5 Å². The van der Waals surface area contributed by atoms with Crippen molar-refractivity contribution in [3.8, 4) is 5.88 Å². The fourth-order valence-electron chi connectivity index (χ4n) is 3.79. The third kappa shape index (κ3) is 5.61. The first-order valence-corrected chi connectivity index (χ1v) is 10.9. The van der Waals surface area contributed by atoms with Gasteiger partial charge in [0.15, 0.2) is 0 Å². The van der Waals surface area contributed by atoms with Gasteiger partial charge in [-0.25, -0.2) is 14.2 Å². The Morgan fingerprint density at radius 2 is 1.82 bits per heavy atom. The molecular formula is C25H32FN3O4. The van der Waals surface area contributed by atoms with Crippen molar-refractivity contribution in [2.45, 2.75) is 65.0 Å². The Hall–Kier alpha value is -3.16. The maximum absolute atomic E-state index is 14.7. The van der Waals surface area contributed by atoms with Gasteiger partial charge >= 0.3 is 6.09 Å². The normalized spacial score (nSPS) is 16.1. The first-order chi connectivity index (χ1) is 15.3. The van der Waals surface area contributed by atoms with Crippen molar-refractivity contribution < 1.29 is 23.5 Å². The van der Waals surface area contributed by atoms with Crippen LogP contribution in [0, 0.1) is 5.82 Å². The van der Waals surface area contributed by atoms with Gasteiger partial charge in [0, 0.05) is 30.3 Å². The molecule has 0 aliphatic carbocycles. The van der Waals surface area contributed by atoms with Crippen molar-refractivity contribution in [3.05, 3.63) is 53.0 Å². The van der Waals surface area contributed by atoms with Crippen LogP contribution in [0.1, 0.15) is 64.4 Å². The Morgan fingerprint density at radius 3 is 2.39 bits per heavy atom. The minimum Gasteiger partial charge on any atom is -0.481 e. The number of anilines is 1. The number of nitrogens with one attached hydrogen (secondary N) is 1. The predicted octanol–water partition coefficient (Wildman–Crippen LogP) is 5.00. The summed E-state index contributed by atoms with van der Waals surface area (Å²) in [6.45, 7) is 11.3. The number of ether oxygens (including phenoxy) is 2. The molecule has 1 aliphatic rings. The Bertz CT molecular complexity index is 1060. The Kier molecular flexibility index (Phi) is 6.68. The van der Waals surface area contributed by atoms with Gasteiger partial charge in [-0.05, 0) is 49.9 Å². The first-order valence-electron chi connectivity index (χ1n) is 10.9. The van der Waals surface area contributed by atoms with Crippen LogP contribution in [0.2, 0.25) is 0 Å². The molecule has 3 rings (SSSR count). The van der Waals surface area contributed by atoms with Crippen LogP contribution in [0.3, 0.4) is 0 Å². The van der Waals surface area contributed by atoms with Crippen LogP contribution in [0.25, 0.3) is 0 Å². The molecule has 0 unspecified atom stereocenters. The summed E-state index contributed by atoms with van der Waals surface area (Å²) in [4.78, 5) is 32.2. The third-order valence-electron chi connectivity index (χ3n) is 5.31. The number of amides is 2. The molecule has 0 fully saturated rings. The van der Waals surface area contributed by atoms with Crippen LogP contribution in [0.15, 0.2) is 30.3 Å². The summed E-state index contributed by atoms with van der Waals surface area (Å²) >= 11 is 0. The lowest BCUT2D eigenvalue weighted by molar-refractivity contribution is -0.122. The molecule has 8 heteroatoms. The van der Waals surface area contributed by atoms with E-state index < -0.39 is 29.5 Å². The Balaban J connectivity index is 1.95. The minimum absolute atomic E-state index is 0.248. The lowest BCUT2D eigenvalue weighted by Crippen LogP contribution is -2.47. The zero-order valence-corrected chi connectivity index (χ0v) is 20.3. The Morgan fingerprint density at radius 1 is 1.12 bits per heavy atom. The minimum atomic E-state index is -0.979. The maximum Gasteiger partial charge on any atom is 0.411 e. The first kappa shape index (κ1) is 24.5. The van der Waals surface area contributed by atoms with Crippen LogP contribution in [0.5, 0.6) is 5.88 Å². The lowest BCUT2D eigenvalue weighted by atomic mass is 9.86. The highest BCUT2D eigenvalue weighted by molar-refractivity contribution is 5.97. The standard InChI is InChI=1S/C25H32FN3O4/c1-24(2,3)17-10-8-15(14-18(17)26)27-22(30)21-16-9-11-20(32-7)28-19(16)12-13-29(21)23(31)33-25(4,5)6/h8-11,14,21H,12-13H2,1-7H3,(H,27,30)/t21-/m1/s1. The number of hydrogen-bond donors (Lipinski definition) is 1. The third-order valence-corrected chi connectivity index (χ3v) is 5.31. The van der Waals surface area contributed by atoms with E-state index in [-0.39, 0.29) is 12.0 Å². The molecule has 178 valence electrons. The van der Waals surface area contributed by atoms with Crippen LogP contribution in [-0.4, -0.2) is 41.1 Å². The molecular weight excluding hydrogens is 425 g/mol. The summed E-state index contributed by atoms with van der Waals surface area (Å²) in [5.41, 5.74) is 1.02. The largest absolute Gasteiger partial charge is 0.481 e. The monoisotopic (exact) mass is 457 g/mol. The van der Waals surface area contributed by atoms with Crippen molar-refractivity contribution in [1.82, 2.24) is 9.88 Å². The molecule has 7 nitrogen and oxygen atoms in total. The fraction of sp³-hybridized carbons (Fsp3) is 0.480. The summed E-state index contributed by atoms with van der Waals surface area (Å²) < 4.78 is 25.4. The highest BCUT2D eigenvalue weighted by Crippen LogP contribution is 2.33. The fourth-order valence-corrected chi connectivity index (χ4v) is 3.79. The average molecular weight is 458 g/mol. The molecule has 1 atom stereocenters. The number of aromatic nitrogens is 1. The number of methoxy groups -OCH3 is 1. The van der Waals surface area contributed by atoms with E-state index >= 15 is 0 Å². The van der Waals surface area contributed by atoms with Gasteiger partial charge in [-0.3, -0.25) is 9.69 Å². The zero-order chi connectivity index (χ0) is 24.6. The van der Waals surface area contributed by atoms with E-state index in [1.54, 1.807) is 45.0 Å². The van der Waals surface area contributed by atoms with Gasteiger partial charge in [-0.2, -0.15) is 0 Å². The van der Waals surface area contributed by atoms with E-state index in [1.165, 1.54) is 18.1 Å². The summed E-state index contributed by atoms with van der Waals surface area (Å²) in [5.74, 6) is -0.449. The van der Waals surface area contributed by atoms with E-state index in [4.69, 9.17) is 9.47 Å². The topological polar surface area (TPSA) is 80.8 Å². The molecule has 2 heterocycles.